The summed E-state index contributed by atoms with van der Waals surface area (Å²) in [6.07, 6.45) is 9.75. The molecular weight excluding hydrogens is 314 g/mol. The van der Waals surface area contributed by atoms with Crippen molar-refractivity contribution in [3.8, 4) is 0 Å². The highest BCUT2D eigenvalue weighted by molar-refractivity contribution is 5.45. The second kappa shape index (κ2) is 5.94. The van der Waals surface area contributed by atoms with Gasteiger partial charge in [0.25, 0.3) is 0 Å². The third-order valence-electron chi connectivity index (χ3n) is 6.34. The number of rotatable bonds is 3. The first-order valence-electron chi connectivity index (χ1n) is 9.85. The van der Waals surface area contributed by atoms with Crippen molar-refractivity contribution in [2.45, 2.75) is 75.9 Å². The molecule has 5 rings (SSSR count). The van der Waals surface area contributed by atoms with E-state index in [2.05, 4.69) is 22.4 Å². The maximum atomic E-state index is 6.22. The second-order valence-electron chi connectivity index (χ2n) is 8.29. The van der Waals surface area contributed by atoms with E-state index in [0.717, 1.165) is 36.7 Å². The Kier molecular flexibility index (Phi) is 3.69. The van der Waals surface area contributed by atoms with Gasteiger partial charge >= 0.3 is 0 Å². The molecule has 0 bridgehead atoms. The van der Waals surface area contributed by atoms with Crippen LogP contribution in [0.5, 0.6) is 0 Å². The molecule has 6 nitrogen and oxygen atoms in total. The van der Waals surface area contributed by atoms with E-state index in [9.17, 15) is 0 Å². The summed E-state index contributed by atoms with van der Waals surface area (Å²) in [4.78, 5) is 0. The molecule has 0 amide bonds. The minimum Gasteiger partial charge on any atom is -0.375 e. The molecule has 6 heteroatoms. The van der Waals surface area contributed by atoms with Crippen molar-refractivity contribution in [1.29, 1.82) is 0 Å². The van der Waals surface area contributed by atoms with Crippen molar-refractivity contribution in [2.24, 2.45) is 5.92 Å². The molecule has 3 atom stereocenters. The molecule has 25 heavy (non-hydrogen) atoms. The molecule has 3 unspecified atom stereocenters. The smallest absolute Gasteiger partial charge is 0.178 e. The molecule has 1 N–H and O–H groups in total. The first-order valence-corrected chi connectivity index (χ1v) is 9.85. The van der Waals surface area contributed by atoms with Gasteiger partial charge in [-0.1, -0.05) is 26.2 Å². The Labute approximate surface area is 148 Å². The fourth-order valence-corrected chi connectivity index (χ4v) is 4.70. The van der Waals surface area contributed by atoms with Crippen LogP contribution in [-0.2, 0) is 4.74 Å². The van der Waals surface area contributed by atoms with Crippen LogP contribution in [-0.4, -0.2) is 38.1 Å². The van der Waals surface area contributed by atoms with Crippen LogP contribution in [0.15, 0.2) is 12.1 Å². The third kappa shape index (κ3) is 2.90. The summed E-state index contributed by atoms with van der Waals surface area (Å²) in [6, 6.07) is 4.50. The van der Waals surface area contributed by atoms with Crippen LogP contribution in [0.2, 0.25) is 0 Å². The number of hydrogen-bond donors (Lipinski definition) is 1. The van der Waals surface area contributed by atoms with Crippen LogP contribution in [0.3, 0.4) is 0 Å². The summed E-state index contributed by atoms with van der Waals surface area (Å²) in [7, 11) is 0. The van der Waals surface area contributed by atoms with Crippen molar-refractivity contribution >= 4 is 11.5 Å². The number of nitrogens with one attached hydrogen (secondary N) is 1. The summed E-state index contributed by atoms with van der Waals surface area (Å²) < 4.78 is 8.15. The SMILES string of the molecule is CC1CC1c1nnc2ccc(NC3CCOC4(CCCCC4)C3)nn12. The average molecular weight is 341 g/mol. The van der Waals surface area contributed by atoms with Crippen LogP contribution in [0.4, 0.5) is 5.82 Å². The minimum absolute atomic E-state index is 0.115. The molecule has 0 aromatic carbocycles. The maximum Gasteiger partial charge on any atom is 0.178 e. The van der Waals surface area contributed by atoms with Crippen LogP contribution < -0.4 is 5.32 Å². The molecule has 0 radical (unpaired) electrons. The van der Waals surface area contributed by atoms with Crippen LogP contribution in [0.1, 0.15) is 70.0 Å². The normalized spacial score (nSPS) is 31.3. The molecule has 134 valence electrons. The van der Waals surface area contributed by atoms with E-state index in [1.807, 2.05) is 16.6 Å². The van der Waals surface area contributed by atoms with Crippen LogP contribution in [0.25, 0.3) is 5.65 Å². The Hall–Kier alpha value is -1.69. The average Bonchev–Trinajstić information content (AvgIpc) is 3.19. The van der Waals surface area contributed by atoms with Gasteiger partial charge in [0, 0.05) is 18.6 Å². The monoisotopic (exact) mass is 341 g/mol. The number of nitrogens with zero attached hydrogens (tertiary/aromatic N) is 4. The zero-order valence-corrected chi connectivity index (χ0v) is 14.9. The van der Waals surface area contributed by atoms with Gasteiger partial charge in [0.2, 0.25) is 0 Å². The number of aromatic nitrogens is 4. The highest BCUT2D eigenvalue weighted by Crippen LogP contribution is 2.46. The highest BCUT2D eigenvalue weighted by atomic mass is 16.5. The molecule has 1 saturated heterocycles. The van der Waals surface area contributed by atoms with E-state index in [1.165, 1.54) is 38.5 Å². The maximum absolute atomic E-state index is 6.22. The lowest BCUT2D eigenvalue weighted by atomic mass is 9.78. The molecule has 2 aromatic heterocycles. The van der Waals surface area contributed by atoms with Crippen molar-refractivity contribution < 1.29 is 4.74 Å². The molecule has 2 aromatic rings. The lowest BCUT2D eigenvalue weighted by molar-refractivity contribution is -0.103. The largest absolute Gasteiger partial charge is 0.375 e. The van der Waals surface area contributed by atoms with Gasteiger partial charge in [-0.15, -0.1) is 15.3 Å². The quantitative estimate of drug-likeness (QED) is 0.925. The minimum atomic E-state index is 0.115. The second-order valence-corrected chi connectivity index (χ2v) is 8.29. The van der Waals surface area contributed by atoms with Gasteiger partial charge in [-0.25, -0.2) is 0 Å². The van der Waals surface area contributed by atoms with E-state index in [-0.39, 0.29) is 5.60 Å². The molecule has 1 spiro atoms. The molecule has 2 saturated carbocycles. The predicted octanol–water partition coefficient (Wildman–Crippen LogP) is 3.54. The summed E-state index contributed by atoms with van der Waals surface area (Å²) in [5, 5.41) is 17.1. The first-order chi connectivity index (χ1) is 12.2. The van der Waals surface area contributed by atoms with Gasteiger partial charge in [0.05, 0.1) is 5.60 Å². The summed E-state index contributed by atoms with van der Waals surface area (Å²) in [5.74, 6) is 3.17. The van der Waals surface area contributed by atoms with Gasteiger partial charge < -0.3 is 10.1 Å². The van der Waals surface area contributed by atoms with Crippen molar-refractivity contribution in [1.82, 2.24) is 19.8 Å². The van der Waals surface area contributed by atoms with Crippen LogP contribution in [0, 0.1) is 5.92 Å². The lowest BCUT2D eigenvalue weighted by Gasteiger charge is -2.43. The van der Waals surface area contributed by atoms with Gasteiger partial charge in [-0.3, -0.25) is 0 Å². The molecule has 3 aliphatic rings. The zero-order valence-electron chi connectivity index (χ0n) is 14.9. The lowest BCUT2D eigenvalue weighted by Crippen LogP contribution is -2.45. The Bertz CT molecular complexity index is 761. The molecule has 3 heterocycles. The predicted molar refractivity (Wildman–Crippen MR) is 95.7 cm³/mol. The number of anilines is 1. The van der Waals surface area contributed by atoms with Gasteiger partial charge in [-0.05, 0) is 50.2 Å². The van der Waals surface area contributed by atoms with Crippen molar-refractivity contribution in [3.63, 3.8) is 0 Å². The van der Waals surface area contributed by atoms with Gasteiger partial charge in [0.1, 0.15) is 5.82 Å². The molecule has 1 aliphatic heterocycles. The Morgan fingerprint density at radius 1 is 1.20 bits per heavy atom. The summed E-state index contributed by atoms with van der Waals surface area (Å²) >= 11 is 0. The van der Waals surface area contributed by atoms with Crippen LogP contribution >= 0.6 is 0 Å². The van der Waals surface area contributed by atoms with E-state index in [4.69, 9.17) is 9.84 Å². The molecular formula is C19H27N5O. The fourth-order valence-electron chi connectivity index (χ4n) is 4.70. The Balaban J connectivity index is 1.35. The fraction of sp³-hybridized carbons (Fsp3) is 0.737. The number of hydrogen-bond acceptors (Lipinski definition) is 5. The summed E-state index contributed by atoms with van der Waals surface area (Å²) in [6.45, 7) is 3.12. The molecule has 2 aliphatic carbocycles. The first kappa shape index (κ1) is 15.6. The van der Waals surface area contributed by atoms with Gasteiger partial charge in [-0.2, -0.15) is 4.52 Å². The zero-order chi connectivity index (χ0) is 16.9. The van der Waals surface area contributed by atoms with E-state index in [1.54, 1.807) is 0 Å². The molecule has 3 fully saturated rings. The third-order valence-corrected chi connectivity index (χ3v) is 6.34. The van der Waals surface area contributed by atoms with E-state index < -0.39 is 0 Å². The summed E-state index contributed by atoms with van der Waals surface area (Å²) in [5.41, 5.74) is 0.957. The highest BCUT2D eigenvalue weighted by Gasteiger charge is 2.39. The number of ether oxygens (including phenoxy) is 1. The topological polar surface area (TPSA) is 64.3 Å². The van der Waals surface area contributed by atoms with E-state index in [0.29, 0.717) is 17.9 Å². The van der Waals surface area contributed by atoms with Crippen molar-refractivity contribution in [3.05, 3.63) is 18.0 Å². The standard InChI is InChI=1S/C19H27N5O/c1-13-11-15(13)18-22-21-17-6-5-16(23-24(17)18)20-14-7-10-25-19(12-14)8-3-2-4-9-19/h5-6,13-15H,2-4,7-12H2,1H3,(H,20,23). The Morgan fingerprint density at radius 3 is 2.84 bits per heavy atom. The van der Waals surface area contributed by atoms with Crippen molar-refractivity contribution in [2.75, 3.05) is 11.9 Å². The van der Waals surface area contributed by atoms with Gasteiger partial charge in [0.15, 0.2) is 11.5 Å². The van der Waals surface area contributed by atoms with E-state index >= 15 is 0 Å². The Morgan fingerprint density at radius 2 is 2.04 bits per heavy atom. The number of fused-ring (bicyclic) bond motifs is 1.